The van der Waals surface area contributed by atoms with Crippen molar-refractivity contribution in [1.82, 2.24) is 23.9 Å². The van der Waals surface area contributed by atoms with E-state index in [2.05, 4.69) is 16.2 Å². The Labute approximate surface area is 180 Å². The normalized spacial score (nSPS) is 11.0. The Bertz CT molecular complexity index is 1410. The predicted octanol–water partition coefficient (Wildman–Crippen LogP) is 3.23. The van der Waals surface area contributed by atoms with Gasteiger partial charge < -0.3 is 4.57 Å². The molecule has 0 saturated heterocycles. The van der Waals surface area contributed by atoms with E-state index in [9.17, 15) is 23.2 Å². The second-order valence-electron chi connectivity index (χ2n) is 7.22. The van der Waals surface area contributed by atoms with E-state index in [0.717, 1.165) is 33.8 Å². The lowest BCUT2D eigenvalue weighted by molar-refractivity contribution is 0.541. The van der Waals surface area contributed by atoms with E-state index in [1.165, 1.54) is 18.2 Å². The average Bonchev–Trinajstić information content (AvgIpc) is 3.24. The highest BCUT2D eigenvalue weighted by molar-refractivity contribution is 5.36. The number of rotatable bonds is 5. The second-order valence-corrected chi connectivity index (χ2v) is 7.22. The quantitative estimate of drug-likeness (QED) is 0.479. The highest BCUT2D eigenvalue weighted by Crippen LogP contribution is 2.18. The van der Waals surface area contributed by atoms with Crippen LogP contribution in [0.15, 0.2) is 47.5 Å². The van der Waals surface area contributed by atoms with E-state index in [-0.39, 0.29) is 24.3 Å². The third-order valence-corrected chi connectivity index (χ3v) is 5.17. The number of aryl methyl sites for hydroxylation is 2. The standard InChI is InChI=1S/C22H17F3N6O/c1-13-21(9-26)30(14(2)28-13)10-15-6-7-16(8-20(15)25)31-22(32)29(12-27-31)11-17-18(23)4-3-5-19(17)24/h3-8,12H,10-11H2,1-2H3. The van der Waals surface area contributed by atoms with Gasteiger partial charge in [0.15, 0.2) is 0 Å². The molecule has 162 valence electrons. The number of nitriles is 1. The van der Waals surface area contributed by atoms with Gasteiger partial charge in [-0.15, -0.1) is 0 Å². The lowest BCUT2D eigenvalue weighted by Crippen LogP contribution is -2.25. The fourth-order valence-corrected chi connectivity index (χ4v) is 3.49. The Kier molecular flexibility index (Phi) is 5.40. The summed E-state index contributed by atoms with van der Waals surface area (Å²) in [7, 11) is 0. The molecule has 0 aliphatic rings. The zero-order valence-corrected chi connectivity index (χ0v) is 17.2. The summed E-state index contributed by atoms with van der Waals surface area (Å²) < 4.78 is 46.2. The summed E-state index contributed by atoms with van der Waals surface area (Å²) in [5.74, 6) is -1.57. The molecule has 0 amide bonds. The first-order valence-corrected chi connectivity index (χ1v) is 9.60. The number of aromatic nitrogens is 5. The van der Waals surface area contributed by atoms with Crippen LogP contribution in [-0.4, -0.2) is 23.9 Å². The second kappa shape index (κ2) is 8.19. The number of hydrogen-bond donors (Lipinski definition) is 0. The molecule has 0 bridgehead atoms. The van der Waals surface area contributed by atoms with Gasteiger partial charge in [-0.3, -0.25) is 4.57 Å². The van der Waals surface area contributed by atoms with Gasteiger partial charge in [0.25, 0.3) is 0 Å². The molecule has 0 fully saturated rings. The van der Waals surface area contributed by atoms with Crippen molar-refractivity contribution in [3.63, 3.8) is 0 Å². The summed E-state index contributed by atoms with van der Waals surface area (Å²) in [6, 6.07) is 9.64. The highest BCUT2D eigenvalue weighted by atomic mass is 19.1. The fraction of sp³-hybridized carbons (Fsp3) is 0.182. The molecule has 4 rings (SSSR count). The molecule has 0 radical (unpaired) electrons. The summed E-state index contributed by atoms with van der Waals surface area (Å²) in [5, 5.41) is 13.3. The molecule has 2 aromatic heterocycles. The number of hydrogen-bond acceptors (Lipinski definition) is 4. The fourth-order valence-electron chi connectivity index (χ4n) is 3.49. The van der Waals surface area contributed by atoms with Gasteiger partial charge in [0, 0.05) is 17.2 Å². The van der Waals surface area contributed by atoms with E-state index >= 15 is 0 Å². The van der Waals surface area contributed by atoms with Gasteiger partial charge in [0.1, 0.15) is 41.4 Å². The Hall–Kier alpha value is -4.13. The van der Waals surface area contributed by atoms with Crippen LogP contribution in [0.5, 0.6) is 0 Å². The Morgan fingerprint density at radius 2 is 1.75 bits per heavy atom. The van der Waals surface area contributed by atoms with Gasteiger partial charge >= 0.3 is 5.69 Å². The molecule has 4 aromatic rings. The molecular formula is C22H17F3N6O. The van der Waals surface area contributed by atoms with Crippen LogP contribution in [0.3, 0.4) is 0 Å². The minimum absolute atomic E-state index is 0.0948. The molecule has 0 N–H and O–H groups in total. The van der Waals surface area contributed by atoms with E-state index in [0.29, 0.717) is 22.8 Å². The molecule has 32 heavy (non-hydrogen) atoms. The summed E-state index contributed by atoms with van der Waals surface area (Å²) in [6.07, 6.45) is 1.14. The number of nitrogens with zero attached hydrogens (tertiary/aromatic N) is 6. The number of imidazole rings is 1. The first-order valence-electron chi connectivity index (χ1n) is 9.60. The minimum atomic E-state index is -0.776. The highest BCUT2D eigenvalue weighted by Gasteiger charge is 2.16. The molecule has 2 aromatic carbocycles. The lowest BCUT2D eigenvalue weighted by Gasteiger charge is -2.09. The first kappa shape index (κ1) is 21.1. The molecule has 7 nitrogen and oxygen atoms in total. The Morgan fingerprint density at radius 1 is 1.03 bits per heavy atom. The van der Waals surface area contributed by atoms with Crippen LogP contribution in [-0.2, 0) is 13.1 Å². The minimum Gasteiger partial charge on any atom is -0.315 e. The first-order chi connectivity index (χ1) is 15.3. The van der Waals surface area contributed by atoms with Gasteiger partial charge in [-0.05, 0) is 32.0 Å². The maximum atomic E-state index is 14.8. The largest absolute Gasteiger partial charge is 0.350 e. The van der Waals surface area contributed by atoms with E-state index in [4.69, 9.17) is 0 Å². The van der Waals surface area contributed by atoms with Crippen molar-refractivity contribution >= 4 is 0 Å². The zero-order valence-electron chi connectivity index (χ0n) is 17.2. The van der Waals surface area contributed by atoms with Crippen LogP contribution < -0.4 is 5.69 Å². The molecule has 2 heterocycles. The topological polar surface area (TPSA) is 81.4 Å². The molecule has 0 spiro atoms. The Morgan fingerprint density at radius 3 is 2.41 bits per heavy atom. The van der Waals surface area contributed by atoms with Gasteiger partial charge in [0.2, 0.25) is 0 Å². The lowest BCUT2D eigenvalue weighted by atomic mass is 10.2. The smallest absolute Gasteiger partial charge is 0.315 e. The monoisotopic (exact) mass is 438 g/mol. The molecule has 10 heteroatoms. The van der Waals surface area contributed by atoms with Crippen molar-refractivity contribution in [2.24, 2.45) is 0 Å². The zero-order chi connectivity index (χ0) is 23.0. The van der Waals surface area contributed by atoms with Crippen molar-refractivity contribution in [3.8, 4) is 11.8 Å². The van der Waals surface area contributed by atoms with Crippen LogP contribution in [0.1, 0.15) is 28.3 Å². The molecule has 0 aliphatic heterocycles. The molecule has 0 atom stereocenters. The summed E-state index contributed by atoms with van der Waals surface area (Å²) in [5.41, 5.74) is 0.420. The van der Waals surface area contributed by atoms with Crippen LogP contribution >= 0.6 is 0 Å². The molecule has 0 saturated carbocycles. The molecule has 0 unspecified atom stereocenters. The Balaban J connectivity index is 1.63. The maximum Gasteiger partial charge on any atom is 0.350 e. The van der Waals surface area contributed by atoms with E-state index in [1.54, 1.807) is 18.4 Å². The van der Waals surface area contributed by atoms with Crippen molar-refractivity contribution < 1.29 is 13.2 Å². The third-order valence-electron chi connectivity index (χ3n) is 5.17. The van der Waals surface area contributed by atoms with Crippen LogP contribution in [0.2, 0.25) is 0 Å². The summed E-state index contributed by atoms with van der Waals surface area (Å²) >= 11 is 0. The van der Waals surface area contributed by atoms with Crippen LogP contribution in [0.4, 0.5) is 13.2 Å². The van der Waals surface area contributed by atoms with Crippen molar-refractivity contribution in [3.05, 3.63) is 99.0 Å². The van der Waals surface area contributed by atoms with Gasteiger partial charge in [-0.1, -0.05) is 12.1 Å². The molecular weight excluding hydrogens is 421 g/mol. The predicted molar refractivity (Wildman–Crippen MR) is 109 cm³/mol. The van der Waals surface area contributed by atoms with Gasteiger partial charge in [0.05, 0.1) is 24.5 Å². The molecule has 0 aliphatic carbocycles. The summed E-state index contributed by atoms with van der Waals surface area (Å²) in [4.78, 5) is 16.9. The van der Waals surface area contributed by atoms with Crippen LogP contribution in [0.25, 0.3) is 5.69 Å². The van der Waals surface area contributed by atoms with Gasteiger partial charge in [-0.2, -0.15) is 15.0 Å². The summed E-state index contributed by atoms with van der Waals surface area (Å²) in [6.45, 7) is 3.17. The van der Waals surface area contributed by atoms with E-state index in [1.807, 2.05) is 0 Å². The average molecular weight is 438 g/mol. The van der Waals surface area contributed by atoms with Crippen molar-refractivity contribution in [2.75, 3.05) is 0 Å². The maximum absolute atomic E-state index is 14.8. The van der Waals surface area contributed by atoms with Crippen molar-refractivity contribution in [2.45, 2.75) is 26.9 Å². The van der Waals surface area contributed by atoms with Crippen LogP contribution in [0, 0.1) is 42.6 Å². The number of benzene rings is 2. The van der Waals surface area contributed by atoms with Gasteiger partial charge in [-0.25, -0.2) is 22.9 Å². The SMILES string of the molecule is Cc1nc(C)n(Cc2ccc(-n3ncn(Cc4c(F)cccc4F)c3=O)cc2F)c1C#N. The third kappa shape index (κ3) is 3.69. The number of halogens is 3. The van der Waals surface area contributed by atoms with Crippen molar-refractivity contribution in [1.29, 1.82) is 5.26 Å². The van der Waals surface area contributed by atoms with E-state index < -0.39 is 23.1 Å².